The molecule has 6 nitrogen and oxygen atoms in total. The first kappa shape index (κ1) is 25.6. The van der Waals surface area contributed by atoms with E-state index in [-0.39, 0.29) is 11.9 Å². The quantitative estimate of drug-likeness (QED) is 0.393. The van der Waals surface area contributed by atoms with Crippen LogP contribution in [0, 0.1) is 0 Å². The largest absolute Gasteiger partial charge is 0.493 e. The second kappa shape index (κ2) is 12.0. The summed E-state index contributed by atoms with van der Waals surface area (Å²) in [6, 6.07) is 22.1. The molecule has 4 rings (SSSR count). The Morgan fingerprint density at radius 3 is 2.11 bits per heavy atom. The van der Waals surface area contributed by atoms with Crippen molar-refractivity contribution in [2.75, 3.05) is 39.3 Å². The first-order chi connectivity index (χ1) is 17.6. The number of benzene rings is 3. The second-order valence-electron chi connectivity index (χ2n) is 9.06. The summed E-state index contributed by atoms with van der Waals surface area (Å²) in [7, 11) is 4.91. The lowest BCUT2D eigenvalue weighted by atomic mass is 9.99. The average molecular weight is 489 g/mol. The van der Waals surface area contributed by atoms with Gasteiger partial charge in [-0.2, -0.15) is 0 Å². The number of aryl methyl sites for hydroxylation is 1. The molecule has 1 aliphatic rings. The summed E-state index contributed by atoms with van der Waals surface area (Å²) in [5.74, 6) is 2.03. The van der Waals surface area contributed by atoms with Crippen molar-refractivity contribution in [3.05, 3.63) is 83.4 Å². The summed E-state index contributed by atoms with van der Waals surface area (Å²) < 4.78 is 16.7. The molecule has 1 heterocycles. The van der Waals surface area contributed by atoms with Gasteiger partial charge in [0.05, 0.1) is 21.3 Å². The molecule has 3 aromatic rings. The van der Waals surface area contributed by atoms with E-state index in [2.05, 4.69) is 36.1 Å². The Balaban J connectivity index is 1.52. The van der Waals surface area contributed by atoms with Crippen LogP contribution in [-0.4, -0.2) is 51.3 Å². The van der Waals surface area contributed by atoms with Crippen LogP contribution >= 0.6 is 0 Å². The molecule has 1 fully saturated rings. The minimum Gasteiger partial charge on any atom is -0.493 e. The van der Waals surface area contributed by atoms with Gasteiger partial charge in [0.15, 0.2) is 11.5 Å². The third-order valence-corrected chi connectivity index (χ3v) is 6.96. The zero-order valence-electron chi connectivity index (χ0n) is 21.7. The first-order valence-corrected chi connectivity index (χ1v) is 12.6. The summed E-state index contributed by atoms with van der Waals surface area (Å²) in [5, 5.41) is 0. The monoisotopic (exact) mass is 488 g/mol. The lowest BCUT2D eigenvalue weighted by Gasteiger charge is -2.39. The number of carbonyl (C=O) groups is 1. The lowest BCUT2D eigenvalue weighted by Crippen LogP contribution is -2.47. The van der Waals surface area contributed by atoms with Crippen LogP contribution in [0.15, 0.2) is 66.7 Å². The third kappa shape index (κ3) is 5.49. The van der Waals surface area contributed by atoms with Crippen LogP contribution in [0.4, 0.5) is 5.69 Å². The van der Waals surface area contributed by atoms with Crippen LogP contribution in [0.3, 0.4) is 0 Å². The van der Waals surface area contributed by atoms with Crippen molar-refractivity contribution in [3.8, 4) is 17.2 Å². The molecular weight excluding hydrogens is 452 g/mol. The molecule has 3 aromatic carbocycles. The van der Waals surface area contributed by atoms with Crippen molar-refractivity contribution in [2.45, 2.75) is 38.8 Å². The maximum Gasteiger partial charge on any atom is 0.258 e. The van der Waals surface area contributed by atoms with Crippen LogP contribution in [0.2, 0.25) is 0 Å². The third-order valence-electron chi connectivity index (χ3n) is 6.96. The zero-order chi connectivity index (χ0) is 25.5. The highest BCUT2D eigenvalue weighted by Gasteiger charge is 2.30. The standard InChI is InChI=1S/C30H36N2O4/c1-5-22-11-14-25(15-12-22)32(30(33)23-9-7-6-8-10-23)26-17-19-31(20-18-26)21-24-13-16-27(34-2)29(36-4)28(24)35-3/h6-16,26H,5,17-21H2,1-4H3. The molecule has 0 N–H and O–H groups in total. The number of methoxy groups -OCH3 is 3. The molecule has 0 radical (unpaired) electrons. The average Bonchev–Trinajstić information content (AvgIpc) is 2.94. The van der Waals surface area contributed by atoms with Gasteiger partial charge in [-0.05, 0) is 55.2 Å². The van der Waals surface area contributed by atoms with Gasteiger partial charge in [-0.3, -0.25) is 9.69 Å². The zero-order valence-corrected chi connectivity index (χ0v) is 21.7. The van der Waals surface area contributed by atoms with Crippen molar-refractivity contribution >= 4 is 11.6 Å². The fourth-order valence-corrected chi connectivity index (χ4v) is 4.97. The van der Waals surface area contributed by atoms with Crippen LogP contribution < -0.4 is 19.1 Å². The molecule has 36 heavy (non-hydrogen) atoms. The van der Waals surface area contributed by atoms with Crippen LogP contribution in [0.25, 0.3) is 0 Å². The molecule has 6 heteroatoms. The van der Waals surface area contributed by atoms with Gasteiger partial charge in [-0.15, -0.1) is 0 Å². The van der Waals surface area contributed by atoms with Crippen molar-refractivity contribution in [1.82, 2.24) is 4.90 Å². The number of piperidine rings is 1. The van der Waals surface area contributed by atoms with Crippen molar-refractivity contribution in [1.29, 1.82) is 0 Å². The first-order valence-electron chi connectivity index (χ1n) is 12.6. The molecule has 0 aromatic heterocycles. The van der Waals surface area contributed by atoms with E-state index in [4.69, 9.17) is 14.2 Å². The van der Waals surface area contributed by atoms with E-state index >= 15 is 0 Å². The predicted octanol–water partition coefficient (Wildman–Crippen LogP) is 5.59. The molecule has 0 saturated carbocycles. The fourth-order valence-electron chi connectivity index (χ4n) is 4.97. The van der Waals surface area contributed by atoms with E-state index in [1.807, 2.05) is 47.4 Å². The Morgan fingerprint density at radius 1 is 0.861 bits per heavy atom. The molecule has 0 atom stereocenters. The molecule has 0 bridgehead atoms. The second-order valence-corrected chi connectivity index (χ2v) is 9.06. The van der Waals surface area contributed by atoms with Gasteiger partial charge in [0.1, 0.15) is 0 Å². The van der Waals surface area contributed by atoms with E-state index in [9.17, 15) is 4.79 Å². The topological polar surface area (TPSA) is 51.2 Å². The summed E-state index contributed by atoms with van der Waals surface area (Å²) in [4.78, 5) is 18.1. The van der Waals surface area contributed by atoms with Gasteiger partial charge in [0.25, 0.3) is 5.91 Å². The number of anilines is 1. The predicted molar refractivity (Wildman–Crippen MR) is 143 cm³/mol. The highest BCUT2D eigenvalue weighted by Crippen LogP contribution is 2.40. The molecule has 1 aliphatic heterocycles. The summed E-state index contributed by atoms with van der Waals surface area (Å²) in [6.45, 7) is 4.65. The molecule has 1 amide bonds. The van der Waals surface area contributed by atoms with Crippen molar-refractivity contribution in [3.63, 3.8) is 0 Å². The van der Waals surface area contributed by atoms with Gasteiger partial charge < -0.3 is 19.1 Å². The summed E-state index contributed by atoms with van der Waals surface area (Å²) in [5.41, 5.74) is 4.00. The van der Waals surface area contributed by atoms with E-state index in [0.717, 1.165) is 55.7 Å². The van der Waals surface area contributed by atoms with Crippen molar-refractivity contribution in [2.24, 2.45) is 0 Å². The Kier molecular flexibility index (Phi) is 8.49. The van der Waals surface area contributed by atoms with E-state index in [0.29, 0.717) is 17.2 Å². The van der Waals surface area contributed by atoms with E-state index < -0.39 is 0 Å². The van der Waals surface area contributed by atoms with Gasteiger partial charge >= 0.3 is 0 Å². The molecule has 190 valence electrons. The van der Waals surface area contributed by atoms with Gasteiger partial charge in [-0.1, -0.05) is 43.3 Å². The Hall–Kier alpha value is -3.51. The smallest absolute Gasteiger partial charge is 0.258 e. The van der Waals surface area contributed by atoms with E-state index in [1.165, 1.54) is 5.56 Å². The number of rotatable bonds is 9. The lowest BCUT2D eigenvalue weighted by molar-refractivity contribution is 0.0958. The minimum atomic E-state index is 0.0554. The highest BCUT2D eigenvalue weighted by molar-refractivity contribution is 6.06. The Bertz CT molecular complexity index is 1140. The maximum atomic E-state index is 13.7. The molecule has 0 aliphatic carbocycles. The number of hydrogen-bond acceptors (Lipinski definition) is 5. The maximum absolute atomic E-state index is 13.7. The summed E-state index contributed by atoms with van der Waals surface area (Å²) in [6.07, 6.45) is 2.76. The number of ether oxygens (including phenoxy) is 3. The van der Waals surface area contributed by atoms with Crippen LogP contribution in [0.1, 0.15) is 41.3 Å². The Labute approximate surface area is 214 Å². The number of hydrogen-bond donors (Lipinski definition) is 0. The van der Waals surface area contributed by atoms with Crippen LogP contribution in [-0.2, 0) is 13.0 Å². The minimum absolute atomic E-state index is 0.0554. The van der Waals surface area contributed by atoms with Gasteiger partial charge in [0.2, 0.25) is 5.75 Å². The highest BCUT2D eigenvalue weighted by atomic mass is 16.5. The van der Waals surface area contributed by atoms with Gasteiger partial charge in [0, 0.05) is 42.5 Å². The number of likely N-dealkylation sites (tertiary alicyclic amines) is 1. The molecular formula is C30H36N2O4. The molecule has 0 unspecified atom stereocenters. The van der Waals surface area contributed by atoms with Gasteiger partial charge in [-0.25, -0.2) is 0 Å². The molecule has 1 saturated heterocycles. The molecule has 0 spiro atoms. The number of carbonyl (C=O) groups excluding carboxylic acids is 1. The fraction of sp³-hybridized carbons (Fsp3) is 0.367. The van der Waals surface area contributed by atoms with Crippen LogP contribution in [0.5, 0.6) is 17.2 Å². The normalized spacial score (nSPS) is 14.3. The number of amides is 1. The Morgan fingerprint density at radius 2 is 1.53 bits per heavy atom. The SMILES string of the molecule is CCc1ccc(N(C(=O)c2ccccc2)C2CCN(Cc3ccc(OC)c(OC)c3OC)CC2)cc1. The number of nitrogens with zero attached hydrogens (tertiary/aromatic N) is 2. The van der Waals surface area contributed by atoms with E-state index in [1.54, 1.807) is 21.3 Å². The summed E-state index contributed by atoms with van der Waals surface area (Å²) >= 11 is 0. The van der Waals surface area contributed by atoms with Crippen molar-refractivity contribution < 1.29 is 19.0 Å².